The Labute approximate surface area is 144 Å². The summed E-state index contributed by atoms with van der Waals surface area (Å²) < 4.78 is 32.1. The van der Waals surface area contributed by atoms with E-state index in [4.69, 9.17) is 4.74 Å². The summed E-state index contributed by atoms with van der Waals surface area (Å²) in [6, 6.07) is 11.1. The fourth-order valence-electron chi connectivity index (χ4n) is 2.04. The number of benzene rings is 2. The highest BCUT2D eigenvalue weighted by Gasteiger charge is 2.07. The number of carbonyl (C=O) groups excluding carboxylic acids is 2. The van der Waals surface area contributed by atoms with Crippen LogP contribution in [0, 0.1) is 11.6 Å². The molecule has 0 saturated heterocycles. The molecule has 1 amide bonds. The van der Waals surface area contributed by atoms with Crippen molar-refractivity contribution in [3.05, 3.63) is 76.9 Å². The largest absolute Gasteiger partial charge is 0.445 e. The van der Waals surface area contributed by atoms with E-state index < -0.39 is 17.7 Å². The van der Waals surface area contributed by atoms with Crippen molar-refractivity contribution < 1.29 is 23.1 Å². The Morgan fingerprint density at radius 1 is 1.08 bits per heavy atom. The Hall–Kier alpha value is -3.02. The predicted molar refractivity (Wildman–Crippen MR) is 90.0 cm³/mol. The number of halogens is 2. The number of alkyl carbamates (subject to hydrolysis) is 1. The van der Waals surface area contributed by atoms with Crippen molar-refractivity contribution >= 4 is 18.5 Å². The molecule has 0 unspecified atom stereocenters. The van der Waals surface area contributed by atoms with Crippen LogP contribution in [0.3, 0.4) is 0 Å². The van der Waals surface area contributed by atoms with E-state index >= 15 is 0 Å². The van der Waals surface area contributed by atoms with Crippen molar-refractivity contribution in [1.29, 1.82) is 0 Å². The van der Waals surface area contributed by atoms with Crippen molar-refractivity contribution in [3.8, 4) is 0 Å². The summed E-state index contributed by atoms with van der Waals surface area (Å²) in [7, 11) is 0. The molecule has 2 aromatic rings. The number of nitrogens with one attached hydrogen (secondary N) is 1. The quantitative estimate of drug-likeness (QED) is 0.607. The number of hydrogen-bond donors (Lipinski definition) is 1. The van der Waals surface area contributed by atoms with Crippen molar-refractivity contribution in [2.75, 3.05) is 6.54 Å². The summed E-state index contributed by atoms with van der Waals surface area (Å²) in [6.45, 7) is 0.469. The van der Waals surface area contributed by atoms with Gasteiger partial charge in [0.15, 0.2) is 6.29 Å². The molecule has 25 heavy (non-hydrogen) atoms. The van der Waals surface area contributed by atoms with Crippen molar-refractivity contribution in [3.63, 3.8) is 0 Å². The summed E-state index contributed by atoms with van der Waals surface area (Å²) in [5.41, 5.74) is 0.598. The third-order valence-corrected chi connectivity index (χ3v) is 3.33. The molecule has 1 N–H and O–H groups in total. The summed E-state index contributed by atoms with van der Waals surface area (Å²) in [5, 5.41) is 2.56. The molecule has 2 rings (SSSR count). The van der Waals surface area contributed by atoms with Crippen LogP contribution < -0.4 is 5.32 Å². The molecule has 0 atom stereocenters. The van der Waals surface area contributed by atoms with Gasteiger partial charge < -0.3 is 10.1 Å². The standard InChI is InChI=1S/C19H17F2NO3/c20-17-11-16(12-23)18(21)10-15(17)8-4-5-9-22-19(24)25-13-14-6-2-1-3-7-14/h1-4,6-8,10-12H,5,9,13H2,(H,22,24). The third kappa shape index (κ3) is 5.84. The molecule has 0 aliphatic heterocycles. The number of carbonyl (C=O) groups is 2. The van der Waals surface area contributed by atoms with Gasteiger partial charge in [-0.25, -0.2) is 13.6 Å². The second-order valence-electron chi connectivity index (χ2n) is 5.19. The molecular weight excluding hydrogens is 328 g/mol. The highest BCUT2D eigenvalue weighted by atomic mass is 19.1. The SMILES string of the molecule is O=Cc1cc(F)c(C=CCCNC(=O)OCc2ccccc2)cc1F. The van der Waals surface area contributed by atoms with Crippen molar-refractivity contribution in [2.24, 2.45) is 0 Å². The van der Waals surface area contributed by atoms with Gasteiger partial charge in [0.2, 0.25) is 0 Å². The lowest BCUT2D eigenvalue weighted by molar-refractivity contribution is 0.111. The molecular formula is C19H17F2NO3. The zero-order valence-electron chi connectivity index (χ0n) is 13.4. The van der Waals surface area contributed by atoms with Crippen molar-refractivity contribution in [2.45, 2.75) is 13.0 Å². The molecule has 130 valence electrons. The molecule has 4 nitrogen and oxygen atoms in total. The van der Waals surface area contributed by atoms with Gasteiger partial charge in [0.1, 0.15) is 18.2 Å². The first-order chi connectivity index (χ1) is 12.1. The molecule has 0 heterocycles. The van der Waals surface area contributed by atoms with Crippen molar-refractivity contribution in [1.82, 2.24) is 5.32 Å². The first-order valence-electron chi connectivity index (χ1n) is 7.65. The summed E-state index contributed by atoms with van der Waals surface area (Å²) in [6.07, 6.45) is 3.11. The highest BCUT2D eigenvalue weighted by Crippen LogP contribution is 2.15. The van der Waals surface area contributed by atoms with Crippen LogP contribution in [0.5, 0.6) is 0 Å². The van der Waals surface area contributed by atoms with Gasteiger partial charge in [0, 0.05) is 12.1 Å². The second-order valence-corrected chi connectivity index (χ2v) is 5.19. The van der Waals surface area contributed by atoms with E-state index in [2.05, 4.69) is 5.32 Å². The number of ether oxygens (including phenoxy) is 1. The van der Waals surface area contributed by atoms with E-state index in [-0.39, 0.29) is 24.0 Å². The van der Waals surface area contributed by atoms with Gasteiger partial charge in [0.25, 0.3) is 0 Å². The van der Waals surface area contributed by atoms with Gasteiger partial charge in [-0.05, 0) is 24.1 Å². The fourth-order valence-corrected chi connectivity index (χ4v) is 2.04. The average Bonchev–Trinajstić information content (AvgIpc) is 2.63. The van der Waals surface area contributed by atoms with E-state index in [0.717, 1.165) is 17.7 Å². The summed E-state index contributed by atoms with van der Waals surface area (Å²) >= 11 is 0. The Kier molecular flexibility index (Phi) is 6.83. The minimum absolute atomic E-state index is 0.0368. The second kappa shape index (κ2) is 9.32. The van der Waals surface area contributed by atoms with E-state index in [1.54, 1.807) is 6.08 Å². The zero-order valence-corrected chi connectivity index (χ0v) is 13.4. The van der Waals surface area contributed by atoms with Gasteiger partial charge in [-0.15, -0.1) is 0 Å². The Morgan fingerprint density at radius 2 is 1.76 bits per heavy atom. The zero-order chi connectivity index (χ0) is 18.1. The molecule has 2 aromatic carbocycles. The Morgan fingerprint density at radius 3 is 2.48 bits per heavy atom. The molecule has 0 aliphatic carbocycles. The number of amides is 1. The third-order valence-electron chi connectivity index (χ3n) is 3.33. The van der Waals surface area contributed by atoms with Gasteiger partial charge >= 0.3 is 6.09 Å². The maximum Gasteiger partial charge on any atom is 0.407 e. The molecule has 0 bridgehead atoms. The van der Waals surface area contributed by atoms with Crippen LogP contribution in [-0.4, -0.2) is 18.9 Å². The molecule has 0 fully saturated rings. The molecule has 0 saturated carbocycles. The van der Waals surface area contributed by atoms with E-state index in [9.17, 15) is 18.4 Å². The summed E-state index contributed by atoms with van der Waals surface area (Å²) in [5.74, 6) is -1.46. The number of hydrogen-bond acceptors (Lipinski definition) is 3. The first kappa shape index (κ1) is 18.3. The monoisotopic (exact) mass is 345 g/mol. The Bertz CT molecular complexity index is 761. The maximum atomic E-state index is 13.6. The lowest BCUT2D eigenvalue weighted by Crippen LogP contribution is -2.24. The Balaban J connectivity index is 1.73. The smallest absolute Gasteiger partial charge is 0.407 e. The van der Waals surface area contributed by atoms with Crippen LogP contribution in [0.1, 0.15) is 27.9 Å². The minimum Gasteiger partial charge on any atom is -0.445 e. The number of aldehydes is 1. The van der Waals surface area contributed by atoms with Crippen LogP contribution in [0.2, 0.25) is 0 Å². The van der Waals surface area contributed by atoms with Crippen LogP contribution in [0.15, 0.2) is 48.5 Å². The molecule has 0 spiro atoms. The molecule has 0 aliphatic rings. The van der Waals surface area contributed by atoms with Crippen LogP contribution >= 0.6 is 0 Å². The van der Waals surface area contributed by atoms with Crippen LogP contribution in [0.25, 0.3) is 6.08 Å². The molecule has 0 aromatic heterocycles. The topological polar surface area (TPSA) is 55.4 Å². The van der Waals surface area contributed by atoms with Gasteiger partial charge in [-0.2, -0.15) is 0 Å². The fraction of sp³-hybridized carbons (Fsp3) is 0.158. The van der Waals surface area contributed by atoms with E-state index in [0.29, 0.717) is 13.0 Å². The van der Waals surface area contributed by atoms with Gasteiger partial charge in [-0.3, -0.25) is 4.79 Å². The highest BCUT2D eigenvalue weighted by molar-refractivity contribution is 5.76. The van der Waals surface area contributed by atoms with Gasteiger partial charge in [0.05, 0.1) is 5.56 Å². The lowest BCUT2D eigenvalue weighted by atomic mass is 10.1. The summed E-state index contributed by atoms with van der Waals surface area (Å²) in [4.78, 5) is 22.0. The maximum absolute atomic E-state index is 13.6. The number of rotatable bonds is 7. The lowest BCUT2D eigenvalue weighted by Gasteiger charge is -2.06. The predicted octanol–water partition coefficient (Wildman–Crippen LogP) is 4.11. The van der Waals surface area contributed by atoms with Gasteiger partial charge in [-0.1, -0.05) is 42.5 Å². The normalized spacial score (nSPS) is 10.6. The van der Waals surface area contributed by atoms with E-state index in [1.807, 2.05) is 30.3 Å². The van der Waals surface area contributed by atoms with Crippen LogP contribution in [-0.2, 0) is 11.3 Å². The van der Waals surface area contributed by atoms with Crippen LogP contribution in [0.4, 0.5) is 13.6 Å². The molecule has 6 heteroatoms. The molecule has 0 radical (unpaired) electrons. The first-order valence-corrected chi connectivity index (χ1v) is 7.65. The van der Waals surface area contributed by atoms with E-state index in [1.165, 1.54) is 6.08 Å². The minimum atomic E-state index is -0.779. The average molecular weight is 345 g/mol.